The minimum atomic E-state index is -0.716. The molecule has 2 atom stereocenters. The molecule has 0 bridgehead atoms. The monoisotopic (exact) mass is 249 g/mol. The maximum atomic E-state index is 11.0. The maximum Gasteiger partial charge on any atom is 0.122 e. The lowest BCUT2D eigenvalue weighted by atomic mass is 9.75. The van der Waals surface area contributed by atoms with Crippen LogP contribution < -0.4 is 10.1 Å². The zero-order valence-electron chi connectivity index (χ0n) is 11.7. The third kappa shape index (κ3) is 2.13. The number of methoxy groups -OCH3 is 1. The van der Waals surface area contributed by atoms with Crippen LogP contribution in [0.25, 0.3) is 0 Å². The van der Waals surface area contributed by atoms with Crippen molar-refractivity contribution in [1.29, 1.82) is 0 Å². The smallest absolute Gasteiger partial charge is 0.122 e. The molecule has 0 spiro atoms. The number of hydrogen-bond acceptors (Lipinski definition) is 3. The summed E-state index contributed by atoms with van der Waals surface area (Å²) in [5, 5.41) is 14.3. The average molecular weight is 249 g/mol. The second-order valence-electron chi connectivity index (χ2n) is 5.42. The van der Waals surface area contributed by atoms with Crippen molar-refractivity contribution in [2.45, 2.75) is 32.8 Å². The molecule has 1 aliphatic heterocycles. The molecule has 0 amide bonds. The molecule has 3 nitrogen and oxygen atoms in total. The van der Waals surface area contributed by atoms with Gasteiger partial charge in [0.1, 0.15) is 5.75 Å². The lowest BCUT2D eigenvalue weighted by Crippen LogP contribution is -2.47. The zero-order chi connectivity index (χ0) is 13.3. The highest BCUT2D eigenvalue weighted by atomic mass is 16.5. The summed E-state index contributed by atoms with van der Waals surface area (Å²) in [4.78, 5) is 0. The summed E-state index contributed by atoms with van der Waals surface area (Å²) in [6.07, 6.45) is 0.765. The molecule has 2 rings (SSSR count). The Bertz CT molecular complexity index is 444. The summed E-state index contributed by atoms with van der Waals surface area (Å²) in [5.74, 6) is 1.11. The van der Waals surface area contributed by atoms with Gasteiger partial charge in [0.15, 0.2) is 0 Å². The number of aliphatic hydroxyl groups is 1. The van der Waals surface area contributed by atoms with Crippen LogP contribution in [0.3, 0.4) is 0 Å². The van der Waals surface area contributed by atoms with Crippen molar-refractivity contribution in [3.8, 4) is 5.75 Å². The van der Waals surface area contributed by atoms with Crippen molar-refractivity contribution in [2.24, 2.45) is 5.92 Å². The summed E-state index contributed by atoms with van der Waals surface area (Å²) >= 11 is 0. The predicted molar refractivity (Wildman–Crippen MR) is 73.0 cm³/mol. The van der Waals surface area contributed by atoms with Crippen LogP contribution in [-0.4, -0.2) is 25.3 Å². The van der Waals surface area contributed by atoms with Gasteiger partial charge in [0.05, 0.1) is 12.7 Å². The Kier molecular flexibility index (Phi) is 3.64. The highest BCUT2D eigenvalue weighted by molar-refractivity contribution is 5.44. The molecule has 100 valence electrons. The van der Waals surface area contributed by atoms with Crippen molar-refractivity contribution < 1.29 is 9.84 Å². The van der Waals surface area contributed by atoms with Gasteiger partial charge in [-0.3, -0.25) is 0 Å². The van der Waals surface area contributed by atoms with E-state index in [1.165, 1.54) is 0 Å². The van der Waals surface area contributed by atoms with Crippen molar-refractivity contribution >= 4 is 0 Å². The maximum absolute atomic E-state index is 11.0. The molecular weight excluding hydrogens is 226 g/mol. The first-order valence-corrected chi connectivity index (χ1v) is 6.58. The van der Waals surface area contributed by atoms with Gasteiger partial charge in [-0.1, -0.05) is 6.92 Å². The second-order valence-corrected chi connectivity index (χ2v) is 5.42. The Morgan fingerprint density at radius 1 is 1.33 bits per heavy atom. The van der Waals surface area contributed by atoms with Crippen LogP contribution in [0.1, 0.15) is 30.0 Å². The number of hydrogen-bond donors (Lipinski definition) is 2. The van der Waals surface area contributed by atoms with Gasteiger partial charge in [0.2, 0.25) is 0 Å². The van der Waals surface area contributed by atoms with E-state index in [1.54, 1.807) is 7.11 Å². The summed E-state index contributed by atoms with van der Waals surface area (Å²) in [5.41, 5.74) is 2.52. The molecule has 1 aromatic rings. The van der Waals surface area contributed by atoms with Crippen LogP contribution in [-0.2, 0) is 5.60 Å². The number of rotatable bonds is 2. The largest absolute Gasteiger partial charge is 0.496 e. The molecule has 2 N–H and O–H groups in total. The van der Waals surface area contributed by atoms with E-state index in [0.717, 1.165) is 42.0 Å². The second kappa shape index (κ2) is 4.90. The molecular formula is C15H23NO2. The van der Waals surface area contributed by atoms with E-state index in [4.69, 9.17) is 4.74 Å². The van der Waals surface area contributed by atoms with E-state index in [0.29, 0.717) is 0 Å². The van der Waals surface area contributed by atoms with E-state index in [2.05, 4.69) is 18.3 Å². The summed E-state index contributed by atoms with van der Waals surface area (Å²) in [7, 11) is 1.68. The molecule has 1 aromatic carbocycles. The molecule has 18 heavy (non-hydrogen) atoms. The van der Waals surface area contributed by atoms with Crippen LogP contribution in [0.2, 0.25) is 0 Å². The number of aryl methyl sites for hydroxylation is 2. The van der Waals surface area contributed by atoms with Crippen molar-refractivity contribution in [3.05, 3.63) is 28.8 Å². The van der Waals surface area contributed by atoms with Gasteiger partial charge in [-0.25, -0.2) is 0 Å². The molecule has 1 aliphatic rings. The lowest BCUT2D eigenvalue weighted by molar-refractivity contribution is -0.0397. The molecule has 2 unspecified atom stereocenters. The summed E-state index contributed by atoms with van der Waals surface area (Å²) in [6, 6.07) is 4.10. The minimum absolute atomic E-state index is 0.220. The van der Waals surface area contributed by atoms with Gasteiger partial charge in [-0.05, 0) is 55.6 Å². The Labute approximate surface area is 109 Å². The Balaban J connectivity index is 2.46. The van der Waals surface area contributed by atoms with Crippen molar-refractivity contribution in [1.82, 2.24) is 5.32 Å². The molecule has 3 heteroatoms. The van der Waals surface area contributed by atoms with Gasteiger partial charge in [-0.2, -0.15) is 0 Å². The van der Waals surface area contributed by atoms with Gasteiger partial charge < -0.3 is 15.2 Å². The third-order valence-corrected chi connectivity index (χ3v) is 4.16. The highest BCUT2D eigenvalue weighted by Crippen LogP contribution is 2.38. The first-order valence-electron chi connectivity index (χ1n) is 6.58. The summed E-state index contributed by atoms with van der Waals surface area (Å²) in [6.45, 7) is 7.90. The van der Waals surface area contributed by atoms with Crippen LogP contribution in [0.15, 0.2) is 12.1 Å². The Morgan fingerprint density at radius 2 is 2.06 bits per heavy atom. The van der Waals surface area contributed by atoms with E-state index >= 15 is 0 Å². The molecule has 1 saturated heterocycles. The SMILES string of the molecule is COc1cc(C)c(C2(O)CCNCC2C)cc1C. The average Bonchev–Trinajstić information content (AvgIpc) is 2.35. The van der Waals surface area contributed by atoms with Gasteiger partial charge >= 0.3 is 0 Å². The van der Waals surface area contributed by atoms with Gasteiger partial charge in [0, 0.05) is 12.5 Å². The molecule has 0 saturated carbocycles. The van der Waals surface area contributed by atoms with E-state index in [-0.39, 0.29) is 5.92 Å². The van der Waals surface area contributed by atoms with Crippen LogP contribution in [0.4, 0.5) is 0 Å². The highest BCUT2D eigenvalue weighted by Gasteiger charge is 2.38. The van der Waals surface area contributed by atoms with Crippen LogP contribution >= 0.6 is 0 Å². The fraction of sp³-hybridized carbons (Fsp3) is 0.600. The van der Waals surface area contributed by atoms with Crippen molar-refractivity contribution in [3.63, 3.8) is 0 Å². The topological polar surface area (TPSA) is 41.5 Å². The number of piperidine rings is 1. The normalized spacial score (nSPS) is 28.2. The Hall–Kier alpha value is -1.06. The zero-order valence-corrected chi connectivity index (χ0v) is 11.7. The predicted octanol–water partition coefficient (Wildman–Crippen LogP) is 2.13. The van der Waals surface area contributed by atoms with E-state index < -0.39 is 5.60 Å². The number of benzene rings is 1. The molecule has 1 fully saturated rings. The molecule has 0 aliphatic carbocycles. The molecule has 0 aromatic heterocycles. The minimum Gasteiger partial charge on any atom is -0.496 e. The first-order chi connectivity index (χ1) is 8.49. The Morgan fingerprint density at radius 3 is 2.67 bits per heavy atom. The fourth-order valence-electron chi connectivity index (χ4n) is 2.89. The van der Waals surface area contributed by atoms with Gasteiger partial charge in [-0.15, -0.1) is 0 Å². The fourth-order valence-corrected chi connectivity index (χ4v) is 2.89. The quantitative estimate of drug-likeness (QED) is 0.843. The molecule has 0 radical (unpaired) electrons. The lowest BCUT2D eigenvalue weighted by Gasteiger charge is -2.40. The van der Waals surface area contributed by atoms with Crippen LogP contribution in [0.5, 0.6) is 5.75 Å². The first kappa shape index (κ1) is 13.4. The van der Waals surface area contributed by atoms with Crippen LogP contribution in [0, 0.1) is 19.8 Å². The van der Waals surface area contributed by atoms with Crippen molar-refractivity contribution in [2.75, 3.05) is 20.2 Å². The van der Waals surface area contributed by atoms with E-state index in [1.807, 2.05) is 19.9 Å². The number of ether oxygens (including phenoxy) is 1. The standard InChI is InChI=1S/C15H23NO2/c1-10-8-14(18-4)11(2)7-13(10)15(17)5-6-16-9-12(15)3/h7-8,12,16-17H,5-6,9H2,1-4H3. The molecule has 1 heterocycles. The summed E-state index contributed by atoms with van der Waals surface area (Å²) < 4.78 is 5.33. The van der Waals surface area contributed by atoms with E-state index in [9.17, 15) is 5.11 Å². The third-order valence-electron chi connectivity index (χ3n) is 4.16. The van der Waals surface area contributed by atoms with Gasteiger partial charge in [0.25, 0.3) is 0 Å². The number of nitrogens with one attached hydrogen (secondary N) is 1.